The Morgan fingerprint density at radius 1 is 1.82 bits per heavy atom. The van der Waals surface area contributed by atoms with E-state index >= 15 is 0 Å². The van der Waals surface area contributed by atoms with Crippen LogP contribution in [0.1, 0.15) is 19.8 Å². The third kappa shape index (κ3) is 2.05. The maximum atomic E-state index is 11.0. The highest BCUT2D eigenvalue weighted by molar-refractivity contribution is 5.87. The van der Waals surface area contributed by atoms with Gasteiger partial charge in [-0.3, -0.25) is 0 Å². The molecule has 1 atom stereocenters. The van der Waals surface area contributed by atoms with E-state index in [1.54, 1.807) is 0 Å². The van der Waals surface area contributed by atoms with Crippen LogP contribution in [0.3, 0.4) is 0 Å². The summed E-state index contributed by atoms with van der Waals surface area (Å²) in [6.45, 7) is 6.11. The maximum Gasteiger partial charge on any atom is 0.335 e. The van der Waals surface area contributed by atoms with E-state index in [-0.39, 0.29) is 12.3 Å². The van der Waals surface area contributed by atoms with Crippen molar-refractivity contribution in [2.24, 2.45) is 0 Å². The monoisotopic (exact) mass is 156 g/mol. The lowest BCUT2D eigenvalue weighted by molar-refractivity contribution is -0.213. The largest absolute Gasteiger partial charge is 0.432 e. The van der Waals surface area contributed by atoms with E-state index in [1.807, 2.05) is 6.92 Å². The number of carbonyl (C=O) groups is 1. The summed E-state index contributed by atoms with van der Waals surface area (Å²) in [5, 5.41) is 0. The van der Waals surface area contributed by atoms with E-state index in [9.17, 15) is 4.79 Å². The molecule has 1 saturated heterocycles. The van der Waals surface area contributed by atoms with Crippen molar-refractivity contribution < 1.29 is 14.3 Å². The number of hydrogen-bond acceptors (Lipinski definition) is 3. The standard InChI is InChI=1S/C8H12O3/c1-3-6(2)8(9)11-7-4-5-10-7/h7H,2-5H2,1H3. The number of rotatable bonds is 3. The first-order valence-corrected chi connectivity index (χ1v) is 3.74. The smallest absolute Gasteiger partial charge is 0.335 e. The number of esters is 1. The van der Waals surface area contributed by atoms with Crippen molar-refractivity contribution in [1.82, 2.24) is 0 Å². The van der Waals surface area contributed by atoms with Crippen LogP contribution in [-0.2, 0) is 14.3 Å². The molecule has 0 aromatic heterocycles. The Morgan fingerprint density at radius 3 is 2.82 bits per heavy atom. The van der Waals surface area contributed by atoms with E-state index in [0.29, 0.717) is 18.6 Å². The van der Waals surface area contributed by atoms with Crippen molar-refractivity contribution in [3.8, 4) is 0 Å². The van der Waals surface area contributed by atoms with Crippen molar-refractivity contribution in [2.75, 3.05) is 6.61 Å². The van der Waals surface area contributed by atoms with Crippen LogP contribution in [0, 0.1) is 0 Å². The van der Waals surface area contributed by atoms with E-state index in [2.05, 4.69) is 6.58 Å². The zero-order valence-electron chi connectivity index (χ0n) is 6.63. The van der Waals surface area contributed by atoms with Crippen LogP contribution in [0.4, 0.5) is 0 Å². The first-order valence-electron chi connectivity index (χ1n) is 3.74. The highest BCUT2D eigenvalue weighted by atomic mass is 16.7. The zero-order chi connectivity index (χ0) is 8.27. The molecule has 0 aromatic rings. The van der Waals surface area contributed by atoms with E-state index in [4.69, 9.17) is 9.47 Å². The van der Waals surface area contributed by atoms with Crippen molar-refractivity contribution in [2.45, 2.75) is 26.1 Å². The SMILES string of the molecule is C=C(CC)C(=O)OC1CCO1. The summed E-state index contributed by atoms with van der Waals surface area (Å²) in [6, 6.07) is 0. The predicted octanol–water partition coefficient (Wildman–Crippen LogP) is 1.24. The molecule has 1 unspecified atom stereocenters. The Kier molecular flexibility index (Phi) is 2.65. The van der Waals surface area contributed by atoms with Crippen LogP contribution in [0.25, 0.3) is 0 Å². The first kappa shape index (κ1) is 8.27. The minimum Gasteiger partial charge on any atom is -0.432 e. The van der Waals surface area contributed by atoms with Crippen LogP contribution in [-0.4, -0.2) is 18.9 Å². The van der Waals surface area contributed by atoms with Crippen molar-refractivity contribution in [3.05, 3.63) is 12.2 Å². The van der Waals surface area contributed by atoms with Gasteiger partial charge in [0.1, 0.15) is 0 Å². The lowest BCUT2D eigenvalue weighted by Gasteiger charge is -2.25. The second-order valence-electron chi connectivity index (χ2n) is 2.45. The van der Waals surface area contributed by atoms with E-state index in [0.717, 1.165) is 6.42 Å². The Labute approximate surface area is 66.0 Å². The van der Waals surface area contributed by atoms with Gasteiger partial charge in [0.2, 0.25) is 6.29 Å². The summed E-state index contributed by atoms with van der Waals surface area (Å²) in [5.41, 5.74) is 0.500. The highest BCUT2D eigenvalue weighted by Gasteiger charge is 2.22. The maximum absolute atomic E-state index is 11.0. The molecule has 3 nitrogen and oxygen atoms in total. The van der Waals surface area contributed by atoms with Gasteiger partial charge in [-0.25, -0.2) is 4.79 Å². The van der Waals surface area contributed by atoms with Crippen molar-refractivity contribution >= 4 is 5.97 Å². The minimum atomic E-state index is -0.336. The van der Waals surface area contributed by atoms with E-state index < -0.39 is 0 Å². The summed E-state index contributed by atoms with van der Waals surface area (Å²) in [4.78, 5) is 11.0. The normalized spacial score (nSPS) is 22.1. The van der Waals surface area contributed by atoms with Gasteiger partial charge < -0.3 is 9.47 Å². The molecule has 1 fully saturated rings. The van der Waals surface area contributed by atoms with Crippen LogP contribution in [0.5, 0.6) is 0 Å². The lowest BCUT2D eigenvalue weighted by Crippen LogP contribution is -2.32. The number of hydrogen-bond donors (Lipinski definition) is 0. The minimum absolute atomic E-state index is 0.314. The average Bonchev–Trinajstić information content (AvgIpc) is 1.94. The molecule has 1 aliphatic rings. The molecule has 1 heterocycles. The molecule has 1 aliphatic heterocycles. The molecule has 0 aliphatic carbocycles. The van der Waals surface area contributed by atoms with Gasteiger partial charge in [-0.05, 0) is 6.42 Å². The second kappa shape index (κ2) is 3.53. The molecule has 11 heavy (non-hydrogen) atoms. The average molecular weight is 156 g/mol. The fourth-order valence-corrected chi connectivity index (χ4v) is 0.654. The molecule has 0 bridgehead atoms. The van der Waals surface area contributed by atoms with Crippen LogP contribution < -0.4 is 0 Å². The van der Waals surface area contributed by atoms with Gasteiger partial charge in [-0.1, -0.05) is 13.5 Å². The Bertz CT molecular complexity index is 170. The molecule has 1 rings (SSSR count). The lowest BCUT2D eigenvalue weighted by atomic mass is 10.2. The number of carbonyl (C=O) groups excluding carboxylic acids is 1. The van der Waals surface area contributed by atoms with Gasteiger partial charge >= 0.3 is 5.97 Å². The third-order valence-corrected chi connectivity index (χ3v) is 1.61. The van der Waals surface area contributed by atoms with Gasteiger partial charge in [0, 0.05) is 12.0 Å². The van der Waals surface area contributed by atoms with Gasteiger partial charge in [-0.15, -0.1) is 0 Å². The quantitative estimate of drug-likeness (QED) is 0.455. The van der Waals surface area contributed by atoms with Gasteiger partial charge in [0.25, 0.3) is 0 Å². The first-order chi connectivity index (χ1) is 5.24. The molecule has 0 spiro atoms. The van der Waals surface area contributed by atoms with Gasteiger partial charge in [0.05, 0.1) is 6.61 Å². The predicted molar refractivity (Wildman–Crippen MR) is 39.9 cm³/mol. The van der Waals surface area contributed by atoms with Crippen LogP contribution in [0.15, 0.2) is 12.2 Å². The third-order valence-electron chi connectivity index (χ3n) is 1.61. The molecule has 0 radical (unpaired) electrons. The molecular formula is C8H12O3. The molecule has 0 N–H and O–H groups in total. The van der Waals surface area contributed by atoms with Crippen LogP contribution in [0.2, 0.25) is 0 Å². The Hall–Kier alpha value is -0.830. The summed E-state index contributed by atoms with van der Waals surface area (Å²) < 4.78 is 9.79. The molecule has 0 amide bonds. The molecule has 62 valence electrons. The fraction of sp³-hybridized carbons (Fsp3) is 0.625. The summed E-state index contributed by atoms with van der Waals surface area (Å²) in [5.74, 6) is -0.336. The second-order valence-corrected chi connectivity index (χ2v) is 2.45. The van der Waals surface area contributed by atoms with Gasteiger partial charge in [0.15, 0.2) is 0 Å². The fourth-order valence-electron chi connectivity index (χ4n) is 0.654. The van der Waals surface area contributed by atoms with Crippen LogP contribution >= 0.6 is 0 Å². The molecule has 0 aromatic carbocycles. The van der Waals surface area contributed by atoms with Crippen molar-refractivity contribution in [3.63, 3.8) is 0 Å². The molecule has 3 heteroatoms. The summed E-state index contributed by atoms with van der Waals surface area (Å²) >= 11 is 0. The van der Waals surface area contributed by atoms with Gasteiger partial charge in [-0.2, -0.15) is 0 Å². The molecular weight excluding hydrogens is 144 g/mol. The zero-order valence-corrected chi connectivity index (χ0v) is 6.63. The number of ether oxygens (including phenoxy) is 2. The van der Waals surface area contributed by atoms with Crippen molar-refractivity contribution in [1.29, 1.82) is 0 Å². The topological polar surface area (TPSA) is 35.5 Å². The highest BCUT2D eigenvalue weighted by Crippen LogP contribution is 2.14. The Balaban J connectivity index is 2.24. The molecule has 0 saturated carbocycles. The Morgan fingerprint density at radius 2 is 2.45 bits per heavy atom. The summed E-state index contributed by atoms with van der Waals surface area (Å²) in [7, 11) is 0. The summed E-state index contributed by atoms with van der Waals surface area (Å²) in [6.07, 6.45) is 1.12. The van der Waals surface area contributed by atoms with E-state index in [1.165, 1.54) is 0 Å².